The average Bonchev–Trinajstić information content (AvgIpc) is 2.62. The number of aliphatic hydroxyl groups excluding tert-OH is 1. The topological polar surface area (TPSA) is 20.2 Å². The lowest BCUT2D eigenvalue weighted by atomic mass is 9.90. The van der Waals surface area contributed by atoms with E-state index in [1.165, 1.54) is 116 Å². The van der Waals surface area contributed by atoms with Gasteiger partial charge < -0.3 is 26.6 Å². The smallest absolute Gasteiger partial charge is 0.115 e. The van der Waals surface area contributed by atoms with Gasteiger partial charge in [-0.05, 0) is 25.7 Å². The summed E-state index contributed by atoms with van der Waals surface area (Å²) in [6, 6.07) is 0.478. The summed E-state index contributed by atoms with van der Waals surface area (Å²) in [5.74, 6) is 0. The second-order valence-corrected chi connectivity index (χ2v) is 9.52. The molecule has 0 aromatic heterocycles. The number of likely N-dealkylation sites (N-methyl/N-ethyl adjacent to an activating group) is 1. The van der Waals surface area contributed by atoms with Crippen molar-refractivity contribution in [3.05, 3.63) is 0 Å². The van der Waals surface area contributed by atoms with E-state index >= 15 is 0 Å². The van der Waals surface area contributed by atoms with Gasteiger partial charge in [0.1, 0.15) is 12.1 Å². The fourth-order valence-corrected chi connectivity index (χ4v) is 4.79. The molecule has 1 N–H and O–H groups in total. The van der Waals surface area contributed by atoms with Crippen molar-refractivity contribution in [3.8, 4) is 0 Å². The minimum Gasteiger partial charge on any atom is -1.00 e. The predicted molar refractivity (Wildman–Crippen MR) is 116 cm³/mol. The van der Waals surface area contributed by atoms with E-state index in [9.17, 15) is 5.11 Å². The van der Waals surface area contributed by atoms with Crippen molar-refractivity contribution in [1.82, 2.24) is 0 Å². The molecule has 1 aliphatic carbocycles. The number of quaternary nitrogens is 1. The first-order chi connectivity index (χ1) is 12.6. The van der Waals surface area contributed by atoms with Gasteiger partial charge in [-0.2, -0.15) is 0 Å². The molecule has 0 amide bonds. The van der Waals surface area contributed by atoms with Crippen LogP contribution in [0.3, 0.4) is 0 Å². The molecule has 0 radical (unpaired) electrons. The molecule has 1 saturated carbocycles. The van der Waals surface area contributed by atoms with Crippen LogP contribution >= 0.6 is 0 Å². The number of nitrogens with zero attached hydrogens (tertiary/aromatic N) is 1. The molecule has 1 rings (SSSR count). The number of rotatable bonds is 16. The van der Waals surface area contributed by atoms with E-state index in [2.05, 4.69) is 21.0 Å². The maximum Gasteiger partial charge on any atom is 0.115 e. The molecule has 1 fully saturated rings. The van der Waals surface area contributed by atoms with E-state index < -0.39 is 0 Å². The molecule has 0 heterocycles. The number of halogens is 1. The lowest BCUT2D eigenvalue weighted by Crippen LogP contribution is -3.00. The van der Waals surface area contributed by atoms with Crippen LogP contribution in [0.5, 0.6) is 0 Å². The molecule has 0 spiro atoms. The summed E-state index contributed by atoms with van der Waals surface area (Å²) in [4.78, 5) is 0. The van der Waals surface area contributed by atoms with E-state index in [0.717, 1.165) is 10.9 Å². The zero-order valence-corrected chi connectivity index (χ0v) is 20.4. The summed E-state index contributed by atoms with van der Waals surface area (Å²) in [5, 5.41) is 10.3. The van der Waals surface area contributed by atoms with Crippen LogP contribution in [-0.2, 0) is 0 Å². The summed E-state index contributed by atoms with van der Waals surface area (Å²) in [7, 11) is 4.67. The largest absolute Gasteiger partial charge is 1.00 e. The molecular weight excluding hydrogens is 398 g/mol. The standard InChI is InChI=1S/C24H50NO.BrH/c1-4-5-6-7-8-9-10-11-12-13-14-15-16-19-22-25(2,3)23-20-17-18-21-24(23)26;/h23-24,26H,4-22H2,1-3H3;1H/q+1;/p-1. The summed E-state index contributed by atoms with van der Waals surface area (Å²) in [6.07, 6.45) is 24.7. The zero-order chi connectivity index (χ0) is 19.1. The first-order valence-corrected chi connectivity index (χ1v) is 12.1. The fraction of sp³-hybridized carbons (Fsp3) is 1.00. The van der Waals surface area contributed by atoms with Gasteiger partial charge in [-0.3, -0.25) is 0 Å². The summed E-state index contributed by atoms with van der Waals surface area (Å²) < 4.78 is 1.03. The molecule has 0 aromatic rings. The Balaban J connectivity index is 0.00000676. The Hall–Kier alpha value is 0.400. The van der Waals surface area contributed by atoms with E-state index in [-0.39, 0.29) is 23.1 Å². The number of hydrogen-bond acceptors (Lipinski definition) is 1. The lowest BCUT2D eigenvalue weighted by molar-refractivity contribution is -0.920. The van der Waals surface area contributed by atoms with Crippen LogP contribution in [0.15, 0.2) is 0 Å². The van der Waals surface area contributed by atoms with Gasteiger partial charge in [0.15, 0.2) is 0 Å². The van der Waals surface area contributed by atoms with E-state index in [0.29, 0.717) is 6.04 Å². The Morgan fingerprint density at radius 3 is 1.52 bits per heavy atom. The summed E-state index contributed by atoms with van der Waals surface area (Å²) in [5.41, 5.74) is 0. The molecule has 27 heavy (non-hydrogen) atoms. The third kappa shape index (κ3) is 13.3. The van der Waals surface area contributed by atoms with Crippen molar-refractivity contribution in [1.29, 1.82) is 0 Å². The lowest BCUT2D eigenvalue weighted by Gasteiger charge is -2.42. The Bertz CT molecular complexity index is 322. The molecule has 2 nitrogen and oxygen atoms in total. The highest BCUT2D eigenvalue weighted by Crippen LogP contribution is 2.26. The molecule has 2 unspecified atom stereocenters. The molecule has 164 valence electrons. The summed E-state index contributed by atoms with van der Waals surface area (Å²) >= 11 is 0. The molecule has 3 heteroatoms. The van der Waals surface area contributed by atoms with Crippen LogP contribution in [0.2, 0.25) is 0 Å². The SMILES string of the molecule is CCCCCCCCCCCCCCCC[N+](C)(C)C1CCCCC1O.[Br-]. The van der Waals surface area contributed by atoms with Gasteiger partial charge in [0.2, 0.25) is 0 Å². The zero-order valence-electron chi connectivity index (χ0n) is 18.9. The average molecular weight is 449 g/mol. The Labute approximate surface area is 181 Å². The minimum atomic E-state index is -0.0644. The molecule has 0 bridgehead atoms. The van der Waals surface area contributed by atoms with Crippen molar-refractivity contribution in [3.63, 3.8) is 0 Å². The molecule has 0 aliphatic heterocycles. The van der Waals surface area contributed by atoms with Gasteiger partial charge in [0, 0.05) is 6.42 Å². The van der Waals surface area contributed by atoms with Crippen molar-refractivity contribution in [2.75, 3.05) is 20.6 Å². The Morgan fingerprint density at radius 2 is 1.07 bits per heavy atom. The van der Waals surface area contributed by atoms with Crippen molar-refractivity contribution >= 4 is 0 Å². The van der Waals surface area contributed by atoms with Gasteiger partial charge >= 0.3 is 0 Å². The predicted octanol–water partition coefficient (Wildman–Crippen LogP) is 3.85. The van der Waals surface area contributed by atoms with Crippen molar-refractivity contribution in [2.45, 2.75) is 135 Å². The first kappa shape index (κ1) is 27.4. The van der Waals surface area contributed by atoms with Crippen LogP contribution in [0.25, 0.3) is 0 Å². The number of aliphatic hydroxyl groups is 1. The Kier molecular flexibility index (Phi) is 17.5. The molecular formula is C24H50BrNO. The second kappa shape index (κ2) is 17.3. The second-order valence-electron chi connectivity index (χ2n) is 9.52. The third-order valence-electron chi connectivity index (χ3n) is 6.68. The van der Waals surface area contributed by atoms with Gasteiger partial charge in [-0.15, -0.1) is 0 Å². The van der Waals surface area contributed by atoms with Crippen molar-refractivity contribution in [2.24, 2.45) is 0 Å². The van der Waals surface area contributed by atoms with E-state index in [1.54, 1.807) is 0 Å². The third-order valence-corrected chi connectivity index (χ3v) is 6.68. The molecule has 2 atom stereocenters. The molecule has 1 aliphatic rings. The Morgan fingerprint density at radius 1 is 0.667 bits per heavy atom. The maximum absolute atomic E-state index is 10.3. The van der Waals surface area contributed by atoms with Gasteiger partial charge in [-0.1, -0.05) is 90.4 Å². The monoisotopic (exact) mass is 447 g/mol. The normalized spacial score (nSPS) is 20.4. The van der Waals surface area contributed by atoms with Gasteiger partial charge in [-0.25, -0.2) is 0 Å². The molecule has 0 aromatic carbocycles. The van der Waals surface area contributed by atoms with Crippen LogP contribution in [0.1, 0.15) is 122 Å². The quantitative estimate of drug-likeness (QED) is 0.281. The van der Waals surface area contributed by atoms with E-state index in [1.807, 2.05) is 0 Å². The van der Waals surface area contributed by atoms with Crippen LogP contribution in [0, 0.1) is 0 Å². The minimum absolute atomic E-state index is 0. The van der Waals surface area contributed by atoms with Gasteiger partial charge in [0.05, 0.1) is 20.6 Å². The van der Waals surface area contributed by atoms with Gasteiger partial charge in [0.25, 0.3) is 0 Å². The maximum atomic E-state index is 10.3. The van der Waals surface area contributed by atoms with Crippen molar-refractivity contribution < 1.29 is 26.6 Å². The first-order valence-electron chi connectivity index (χ1n) is 12.1. The highest BCUT2D eigenvalue weighted by atomic mass is 79.9. The number of unbranched alkanes of at least 4 members (excludes halogenated alkanes) is 13. The highest BCUT2D eigenvalue weighted by Gasteiger charge is 2.35. The number of hydrogen-bond donors (Lipinski definition) is 1. The van der Waals surface area contributed by atoms with Crippen LogP contribution in [-0.4, -0.2) is 42.4 Å². The highest BCUT2D eigenvalue weighted by molar-refractivity contribution is 4.75. The summed E-state index contributed by atoms with van der Waals surface area (Å²) in [6.45, 7) is 3.53. The fourth-order valence-electron chi connectivity index (χ4n) is 4.79. The van der Waals surface area contributed by atoms with Crippen LogP contribution in [0.4, 0.5) is 0 Å². The van der Waals surface area contributed by atoms with E-state index in [4.69, 9.17) is 0 Å². The van der Waals surface area contributed by atoms with Crippen LogP contribution < -0.4 is 17.0 Å². The molecule has 0 saturated heterocycles.